The van der Waals surface area contributed by atoms with Crippen molar-refractivity contribution in [2.75, 3.05) is 0 Å². The van der Waals surface area contributed by atoms with Gasteiger partial charge in [0.1, 0.15) is 5.82 Å². The Balaban J connectivity index is 2.02. The van der Waals surface area contributed by atoms with Crippen molar-refractivity contribution in [2.24, 2.45) is 0 Å². The maximum atomic E-state index is 8.80. The molecule has 0 unspecified atom stereocenters. The van der Waals surface area contributed by atoms with Gasteiger partial charge in [-0.25, -0.2) is 9.97 Å². The second-order valence-corrected chi connectivity index (χ2v) is 4.88. The third-order valence-electron chi connectivity index (χ3n) is 2.37. The molecule has 0 atom stereocenters. The Morgan fingerprint density at radius 2 is 1.94 bits per heavy atom. The Morgan fingerprint density at radius 3 is 2.65 bits per heavy atom. The SMILES string of the molecule is N#Cc1cccc(CCc2ncc(I)cn2)c1. The summed E-state index contributed by atoms with van der Waals surface area (Å²) in [6.07, 6.45) is 5.28. The fourth-order valence-electron chi connectivity index (χ4n) is 1.52. The topological polar surface area (TPSA) is 49.6 Å². The van der Waals surface area contributed by atoms with Crippen LogP contribution in [0.5, 0.6) is 0 Å². The van der Waals surface area contributed by atoms with Crippen LogP contribution in [0.25, 0.3) is 0 Å². The van der Waals surface area contributed by atoms with Crippen LogP contribution in [0.2, 0.25) is 0 Å². The molecule has 17 heavy (non-hydrogen) atoms. The molecule has 0 aliphatic carbocycles. The molecule has 2 rings (SSSR count). The van der Waals surface area contributed by atoms with E-state index in [0.29, 0.717) is 5.56 Å². The first kappa shape index (κ1) is 12.0. The minimum absolute atomic E-state index is 0.700. The van der Waals surface area contributed by atoms with E-state index < -0.39 is 0 Å². The average Bonchev–Trinajstić information content (AvgIpc) is 2.38. The molecule has 0 aliphatic heterocycles. The zero-order valence-electron chi connectivity index (χ0n) is 9.10. The first-order valence-corrected chi connectivity index (χ1v) is 6.31. The molecule has 84 valence electrons. The minimum Gasteiger partial charge on any atom is -0.240 e. The molecular formula is C13H10IN3. The molecule has 0 saturated carbocycles. The molecule has 0 aliphatic rings. The summed E-state index contributed by atoms with van der Waals surface area (Å²) in [4.78, 5) is 8.50. The Kier molecular flexibility index (Phi) is 4.04. The van der Waals surface area contributed by atoms with Gasteiger partial charge in [0.25, 0.3) is 0 Å². The number of aryl methyl sites for hydroxylation is 2. The van der Waals surface area contributed by atoms with Gasteiger partial charge in [0, 0.05) is 22.4 Å². The molecular weight excluding hydrogens is 325 g/mol. The highest BCUT2D eigenvalue weighted by Crippen LogP contribution is 2.07. The van der Waals surface area contributed by atoms with Gasteiger partial charge in [0.2, 0.25) is 0 Å². The number of benzene rings is 1. The summed E-state index contributed by atoms with van der Waals surface area (Å²) in [6.45, 7) is 0. The zero-order chi connectivity index (χ0) is 12.1. The van der Waals surface area contributed by atoms with Crippen molar-refractivity contribution < 1.29 is 0 Å². The predicted octanol–water partition coefficient (Wildman–Crippen LogP) is 2.74. The van der Waals surface area contributed by atoms with Crippen LogP contribution < -0.4 is 0 Å². The summed E-state index contributed by atoms with van der Waals surface area (Å²) < 4.78 is 1.04. The van der Waals surface area contributed by atoms with E-state index in [1.807, 2.05) is 36.7 Å². The van der Waals surface area contributed by atoms with Crippen molar-refractivity contribution in [2.45, 2.75) is 12.8 Å². The maximum absolute atomic E-state index is 8.80. The molecule has 1 aromatic carbocycles. The molecule has 0 spiro atoms. The monoisotopic (exact) mass is 335 g/mol. The van der Waals surface area contributed by atoms with E-state index in [1.54, 1.807) is 0 Å². The van der Waals surface area contributed by atoms with E-state index in [0.717, 1.165) is 27.8 Å². The lowest BCUT2D eigenvalue weighted by Crippen LogP contribution is -1.98. The van der Waals surface area contributed by atoms with Crippen LogP contribution in [0.3, 0.4) is 0 Å². The van der Waals surface area contributed by atoms with Gasteiger partial charge < -0.3 is 0 Å². The zero-order valence-corrected chi connectivity index (χ0v) is 11.3. The first-order valence-electron chi connectivity index (χ1n) is 5.23. The van der Waals surface area contributed by atoms with Crippen molar-refractivity contribution in [3.63, 3.8) is 0 Å². The fraction of sp³-hybridized carbons (Fsp3) is 0.154. The molecule has 0 radical (unpaired) electrons. The van der Waals surface area contributed by atoms with Gasteiger partial charge >= 0.3 is 0 Å². The highest BCUT2D eigenvalue weighted by molar-refractivity contribution is 14.1. The Labute approximate surface area is 114 Å². The van der Waals surface area contributed by atoms with E-state index >= 15 is 0 Å². The lowest BCUT2D eigenvalue weighted by atomic mass is 10.1. The van der Waals surface area contributed by atoms with Crippen LogP contribution in [0, 0.1) is 14.9 Å². The van der Waals surface area contributed by atoms with Crippen LogP contribution in [-0.2, 0) is 12.8 Å². The number of halogens is 1. The number of nitriles is 1. The summed E-state index contributed by atoms with van der Waals surface area (Å²) in [5.41, 5.74) is 1.84. The molecule has 4 heteroatoms. The summed E-state index contributed by atoms with van der Waals surface area (Å²) >= 11 is 2.18. The van der Waals surface area contributed by atoms with Crippen LogP contribution in [-0.4, -0.2) is 9.97 Å². The van der Waals surface area contributed by atoms with Gasteiger partial charge in [-0.2, -0.15) is 5.26 Å². The van der Waals surface area contributed by atoms with E-state index in [9.17, 15) is 0 Å². The molecule has 0 saturated heterocycles. The fourth-order valence-corrected chi connectivity index (χ4v) is 1.80. The second-order valence-electron chi connectivity index (χ2n) is 3.63. The van der Waals surface area contributed by atoms with Crippen molar-refractivity contribution >= 4 is 22.6 Å². The Morgan fingerprint density at radius 1 is 1.18 bits per heavy atom. The first-order chi connectivity index (χ1) is 8.28. The minimum atomic E-state index is 0.700. The third kappa shape index (κ3) is 3.49. The van der Waals surface area contributed by atoms with E-state index in [-0.39, 0.29) is 0 Å². The summed E-state index contributed by atoms with van der Waals surface area (Å²) in [5.74, 6) is 0.841. The van der Waals surface area contributed by atoms with Crippen molar-refractivity contribution in [1.29, 1.82) is 5.26 Å². The maximum Gasteiger partial charge on any atom is 0.128 e. The number of nitrogens with zero attached hydrogens (tertiary/aromatic N) is 3. The predicted molar refractivity (Wildman–Crippen MR) is 73.3 cm³/mol. The van der Waals surface area contributed by atoms with Crippen LogP contribution in [0.4, 0.5) is 0 Å². The van der Waals surface area contributed by atoms with Crippen molar-refractivity contribution in [3.05, 3.63) is 57.2 Å². The lowest BCUT2D eigenvalue weighted by molar-refractivity contribution is 0.854. The number of aromatic nitrogens is 2. The van der Waals surface area contributed by atoms with Gasteiger partial charge in [-0.15, -0.1) is 0 Å². The molecule has 1 aromatic heterocycles. The van der Waals surface area contributed by atoms with E-state index in [1.165, 1.54) is 0 Å². The van der Waals surface area contributed by atoms with Crippen LogP contribution in [0.15, 0.2) is 36.7 Å². The standard InChI is InChI=1S/C13H10IN3/c14-12-8-16-13(17-9-12)5-4-10-2-1-3-11(6-10)7-15/h1-3,6,8-9H,4-5H2. The van der Waals surface area contributed by atoms with Crippen molar-refractivity contribution in [3.8, 4) is 6.07 Å². The van der Waals surface area contributed by atoms with Gasteiger partial charge in [-0.1, -0.05) is 12.1 Å². The summed E-state index contributed by atoms with van der Waals surface area (Å²) in [6, 6.07) is 9.79. The molecule has 0 bridgehead atoms. The van der Waals surface area contributed by atoms with Gasteiger partial charge in [-0.3, -0.25) is 0 Å². The molecule has 0 N–H and O–H groups in total. The second kappa shape index (κ2) is 5.73. The highest BCUT2D eigenvalue weighted by atomic mass is 127. The summed E-state index contributed by atoms with van der Waals surface area (Å²) in [5, 5.41) is 8.80. The summed E-state index contributed by atoms with van der Waals surface area (Å²) in [7, 11) is 0. The average molecular weight is 335 g/mol. The van der Waals surface area contributed by atoms with Gasteiger partial charge in [0.05, 0.1) is 11.6 Å². The van der Waals surface area contributed by atoms with Crippen LogP contribution >= 0.6 is 22.6 Å². The van der Waals surface area contributed by atoms with Gasteiger partial charge in [-0.05, 0) is 46.7 Å². The smallest absolute Gasteiger partial charge is 0.128 e. The Hall–Kier alpha value is -1.48. The lowest BCUT2D eigenvalue weighted by Gasteiger charge is -2.01. The molecule has 2 aromatic rings. The van der Waals surface area contributed by atoms with Gasteiger partial charge in [0.15, 0.2) is 0 Å². The third-order valence-corrected chi connectivity index (χ3v) is 2.92. The molecule has 0 amide bonds. The molecule has 3 nitrogen and oxygen atoms in total. The quantitative estimate of drug-likeness (QED) is 0.811. The van der Waals surface area contributed by atoms with Crippen LogP contribution in [0.1, 0.15) is 17.0 Å². The molecule has 0 fully saturated rings. The highest BCUT2D eigenvalue weighted by Gasteiger charge is 1.99. The number of hydrogen-bond acceptors (Lipinski definition) is 3. The van der Waals surface area contributed by atoms with Crippen molar-refractivity contribution in [1.82, 2.24) is 9.97 Å². The Bertz CT molecular complexity index is 543. The number of hydrogen-bond donors (Lipinski definition) is 0. The van der Waals surface area contributed by atoms with E-state index in [4.69, 9.17) is 5.26 Å². The normalized spacial score (nSPS) is 9.88. The molecule has 1 heterocycles. The number of rotatable bonds is 3. The van der Waals surface area contributed by atoms with E-state index in [2.05, 4.69) is 38.6 Å². The largest absolute Gasteiger partial charge is 0.240 e.